The van der Waals surface area contributed by atoms with Crippen LogP contribution in [-0.4, -0.2) is 15.0 Å². The molecule has 4 nitrogen and oxygen atoms in total. The van der Waals surface area contributed by atoms with E-state index in [2.05, 4.69) is 15.0 Å². The second kappa shape index (κ2) is 6.52. The predicted molar refractivity (Wildman–Crippen MR) is 88.0 cm³/mol. The van der Waals surface area contributed by atoms with Crippen LogP contribution in [0, 0.1) is 19.7 Å². The van der Waals surface area contributed by atoms with Crippen molar-refractivity contribution >= 4 is 11.6 Å². The zero-order valence-electron chi connectivity index (χ0n) is 13.1. The van der Waals surface area contributed by atoms with Crippen molar-refractivity contribution in [1.82, 2.24) is 15.0 Å². The van der Waals surface area contributed by atoms with Crippen LogP contribution in [0.4, 0.5) is 16.0 Å². The first-order valence-corrected chi connectivity index (χ1v) is 7.35. The standard InChI is InChI=1S/C18H17FN4/c1-13-3-4-15(16(19)9-13)12-23(18-11-20-7-8-22-18)17-10-14(2)5-6-21-17/h3-11H,12H2,1-2H3. The minimum absolute atomic E-state index is 0.230. The molecular weight excluding hydrogens is 291 g/mol. The molecule has 0 radical (unpaired) electrons. The number of aromatic nitrogens is 3. The van der Waals surface area contributed by atoms with Crippen molar-refractivity contribution in [2.24, 2.45) is 0 Å². The number of hydrogen-bond donors (Lipinski definition) is 0. The Morgan fingerprint density at radius 3 is 2.39 bits per heavy atom. The number of hydrogen-bond acceptors (Lipinski definition) is 4. The molecule has 0 aliphatic carbocycles. The molecule has 0 amide bonds. The Morgan fingerprint density at radius 1 is 0.913 bits per heavy atom. The van der Waals surface area contributed by atoms with E-state index in [0.717, 1.165) is 11.1 Å². The number of nitrogens with zero attached hydrogens (tertiary/aromatic N) is 4. The summed E-state index contributed by atoms with van der Waals surface area (Å²) in [4.78, 5) is 14.7. The molecule has 0 bridgehead atoms. The van der Waals surface area contributed by atoms with Gasteiger partial charge in [-0.05, 0) is 43.2 Å². The molecule has 0 aliphatic rings. The summed E-state index contributed by atoms with van der Waals surface area (Å²) in [6, 6.07) is 9.10. The van der Waals surface area contributed by atoms with Gasteiger partial charge in [0.15, 0.2) is 5.82 Å². The largest absolute Gasteiger partial charge is 0.305 e. The molecule has 3 aromatic rings. The van der Waals surface area contributed by atoms with Crippen LogP contribution in [-0.2, 0) is 6.54 Å². The van der Waals surface area contributed by atoms with E-state index in [1.54, 1.807) is 30.9 Å². The third-order valence-corrected chi connectivity index (χ3v) is 3.54. The molecular formula is C18H17FN4. The smallest absolute Gasteiger partial charge is 0.152 e. The minimum Gasteiger partial charge on any atom is -0.305 e. The Hall–Kier alpha value is -2.82. The molecule has 1 aromatic carbocycles. The number of halogens is 1. The number of rotatable bonds is 4. The molecule has 0 saturated heterocycles. The van der Waals surface area contributed by atoms with Crippen molar-refractivity contribution in [1.29, 1.82) is 0 Å². The van der Waals surface area contributed by atoms with Crippen LogP contribution in [0.2, 0.25) is 0 Å². The Bertz CT molecular complexity index is 805. The van der Waals surface area contributed by atoms with Crippen LogP contribution in [0.1, 0.15) is 16.7 Å². The SMILES string of the molecule is Cc1ccnc(N(Cc2ccc(C)cc2F)c2cnccn2)c1. The lowest BCUT2D eigenvalue weighted by molar-refractivity contribution is 0.607. The summed E-state index contributed by atoms with van der Waals surface area (Å²) >= 11 is 0. The van der Waals surface area contributed by atoms with Gasteiger partial charge in [0.2, 0.25) is 0 Å². The first-order valence-electron chi connectivity index (χ1n) is 7.35. The highest BCUT2D eigenvalue weighted by Gasteiger charge is 2.15. The van der Waals surface area contributed by atoms with Gasteiger partial charge in [0.25, 0.3) is 0 Å². The summed E-state index contributed by atoms with van der Waals surface area (Å²) in [6.45, 7) is 4.20. The molecule has 5 heteroatoms. The van der Waals surface area contributed by atoms with E-state index < -0.39 is 0 Å². The fourth-order valence-corrected chi connectivity index (χ4v) is 2.33. The molecule has 0 atom stereocenters. The maximum Gasteiger partial charge on any atom is 0.152 e. The van der Waals surface area contributed by atoms with Gasteiger partial charge in [-0.15, -0.1) is 0 Å². The topological polar surface area (TPSA) is 41.9 Å². The lowest BCUT2D eigenvalue weighted by Gasteiger charge is -2.23. The van der Waals surface area contributed by atoms with E-state index in [4.69, 9.17) is 0 Å². The molecule has 2 aromatic heterocycles. The fraction of sp³-hybridized carbons (Fsp3) is 0.167. The molecule has 2 heterocycles. The van der Waals surface area contributed by atoms with Gasteiger partial charge in [-0.2, -0.15) is 0 Å². The van der Waals surface area contributed by atoms with Gasteiger partial charge in [-0.3, -0.25) is 4.98 Å². The highest BCUT2D eigenvalue weighted by molar-refractivity contribution is 5.56. The first-order chi connectivity index (χ1) is 11.1. The van der Waals surface area contributed by atoms with Gasteiger partial charge in [-0.25, -0.2) is 14.4 Å². The van der Waals surface area contributed by atoms with E-state index in [0.29, 0.717) is 23.7 Å². The zero-order valence-corrected chi connectivity index (χ0v) is 13.1. The molecule has 0 N–H and O–H groups in total. The third-order valence-electron chi connectivity index (χ3n) is 3.54. The molecule has 0 spiro atoms. The zero-order chi connectivity index (χ0) is 16.2. The van der Waals surface area contributed by atoms with Gasteiger partial charge >= 0.3 is 0 Å². The van der Waals surface area contributed by atoms with E-state index in [9.17, 15) is 4.39 Å². The van der Waals surface area contributed by atoms with Crippen LogP contribution < -0.4 is 4.90 Å². The average molecular weight is 308 g/mol. The Morgan fingerprint density at radius 2 is 1.70 bits per heavy atom. The van der Waals surface area contributed by atoms with Crippen LogP contribution >= 0.6 is 0 Å². The summed E-state index contributed by atoms with van der Waals surface area (Å²) in [7, 11) is 0. The maximum absolute atomic E-state index is 14.2. The highest BCUT2D eigenvalue weighted by atomic mass is 19.1. The van der Waals surface area contributed by atoms with Crippen molar-refractivity contribution < 1.29 is 4.39 Å². The molecule has 0 aliphatic heterocycles. The van der Waals surface area contributed by atoms with Crippen LogP contribution in [0.15, 0.2) is 55.1 Å². The van der Waals surface area contributed by atoms with Crippen molar-refractivity contribution in [3.63, 3.8) is 0 Å². The van der Waals surface area contributed by atoms with Gasteiger partial charge in [0, 0.05) is 24.2 Å². The van der Waals surface area contributed by atoms with Gasteiger partial charge in [-0.1, -0.05) is 12.1 Å². The second-order valence-corrected chi connectivity index (χ2v) is 5.44. The van der Waals surface area contributed by atoms with E-state index in [1.165, 1.54) is 6.07 Å². The van der Waals surface area contributed by atoms with Gasteiger partial charge in [0.05, 0.1) is 12.7 Å². The number of anilines is 2. The summed E-state index contributed by atoms with van der Waals surface area (Å²) in [6.07, 6.45) is 6.61. The highest BCUT2D eigenvalue weighted by Crippen LogP contribution is 2.25. The maximum atomic E-state index is 14.2. The van der Waals surface area contributed by atoms with Crippen molar-refractivity contribution in [2.45, 2.75) is 20.4 Å². The van der Waals surface area contributed by atoms with Crippen LogP contribution in [0.5, 0.6) is 0 Å². The molecule has 0 fully saturated rings. The quantitative estimate of drug-likeness (QED) is 0.731. The van der Waals surface area contributed by atoms with E-state index in [-0.39, 0.29) is 5.82 Å². The summed E-state index contributed by atoms with van der Waals surface area (Å²) in [5, 5.41) is 0. The van der Waals surface area contributed by atoms with Gasteiger partial charge in [0.1, 0.15) is 11.6 Å². The predicted octanol–water partition coefficient (Wildman–Crippen LogP) is 3.97. The second-order valence-electron chi connectivity index (χ2n) is 5.44. The van der Waals surface area contributed by atoms with Crippen molar-refractivity contribution in [2.75, 3.05) is 4.90 Å². The average Bonchev–Trinajstić information content (AvgIpc) is 2.55. The fourth-order valence-electron chi connectivity index (χ4n) is 2.33. The molecule has 0 saturated carbocycles. The minimum atomic E-state index is -0.230. The summed E-state index contributed by atoms with van der Waals surface area (Å²) in [5.74, 6) is 1.11. The number of aryl methyl sites for hydroxylation is 2. The van der Waals surface area contributed by atoms with Gasteiger partial charge < -0.3 is 4.90 Å². The molecule has 23 heavy (non-hydrogen) atoms. The van der Waals surface area contributed by atoms with E-state index in [1.807, 2.05) is 36.9 Å². The van der Waals surface area contributed by atoms with Crippen LogP contribution in [0.25, 0.3) is 0 Å². The first kappa shape index (κ1) is 15.1. The van der Waals surface area contributed by atoms with Crippen LogP contribution in [0.3, 0.4) is 0 Å². The van der Waals surface area contributed by atoms with E-state index >= 15 is 0 Å². The molecule has 3 rings (SSSR count). The third kappa shape index (κ3) is 3.51. The molecule has 116 valence electrons. The Kier molecular flexibility index (Phi) is 4.28. The molecule has 0 unspecified atom stereocenters. The lowest BCUT2D eigenvalue weighted by atomic mass is 10.1. The monoisotopic (exact) mass is 308 g/mol. The lowest BCUT2D eigenvalue weighted by Crippen LogP contribution is -2.20. The number of benzene rings is 1. The normalized spacial score (nSPS) is 10.6. The van der Waals surface area contributed by atoms with Crippen molar-refractivity contribution in [3.05, 3.63) is 77.6 Å². The Labute approximate surface area is 134 Å². The van der Waals surface area contributed by atoms with Crippen molar-refractivity contribution in [3.8, 4) is 0 Å². The summed E-state index contributed by atoms with van der Waals surface area (Å²) in [5.41, 5.74) is 2.56. The number of pyridine rings is 1. The summed E-state index contributed by atoms with van der Waals surface area (Å²) < 4.78 is 14.2. The Balaban J connectivity index is 2.02.